The molecule has 5 nitrogen and oxygen atoms in total. The molecule has 0 aromatic heterocycles. The normalized spacial score (nSPS) is 20.4. The van der Waals surface area contributed by atoms with E-state index in [2.05, 4.69) is 21.0 Å². The molecule has 6 heteroatoms. The van der Waals surface area contributed by atoms with E-state index in [9.17, 15) is 14.7 Å². The fourth-order valence-electron chi connectivity index (χ4n) is 3.72. The monoisotopic (exact) mass is 419 g/mol. The second-order valence-corrected chi connectivity index (χ2v) is 7.32. The Bertz CT molecular complexity index is 389. The fraction of sp³-hybridized carbons (Fsp3) is 0.909. The molecule has 0 amide bonds. The summed E-state index contributed by atoms with van der Waals surface area (Å²) in [6.07, 6.45) is 2.85. The molecule has 0 bridgehead atoms. The summed E-state index contributed by atoms with van der Waals surface area (Å²) >= 11 is 0. The number of carbonyl (C=O) groups is 2. The standard InChI is InChI=1S/C16H29NO4.6CH4.Na/c1-5-12-9-17(3,4)10-14(12)7-6-13(16(20)21)8-11(2)15(18)19;;;;;;;/h11-14H,5-10H2,1-4H3,(H-,18,19,20,21);6*1H4;/q;;;;;;;+1/p+1. The maximum absolute atomic E-state index is 11.3. The molecule has 1 rings (SSSR count). The van der Waals surface area contributed by atoms with Crippen molar-refractivity contribution in [2.45, 2.75) is 84.1 Å². The number of rotatable bonds is 8. The summed E-state index contributed by atoms with van der Waals surface area (Å²) in [4.78, 5) is 22.2. The molecule has 0 aromatic rings. The number of carboxylic acids is 2. The van der Waals surface area contributed by atoms with Crippen molar-refractivity contribution in [1.29, 1.82) is 0 Å². The van der Waals surface area contributed by atoms with Crippen LogP contribution in [0, 0.1) is 23.7 Å². The summed E-state index contributed by atoms with van der Waals surface area (Å²) in [5.41, 5.74) is 0. The van der Waals surface area contributed by atoms with Crippen LogP contribution in [-0.2, 0) is 9.59 Å². The molecule has 0 aromatic carbocycles. The van der Waals surface area contributed by atoms with Crippen molar-refractivity contribution < 1.29 is 53.8 Å². The van der Waals surface area contributed by atoms with Gasteiger partial charge in [-0.3, -0.25) is 9.59 Å². The van der Waals surface area contributed by atoms with Crippen LogP contribution in [0.3, 0.4) is 0 Å². The van der Waals surface area contributed by atoms with Crippen LogP contribution in [0.4, 0.5) is 0 Å². The SMILES string of the molecule is C.C.C.C.C.C.CCC1C[N+](C)(C)CC1CCC(CC(C)C(=O)O)C(=O)O.[Na+]. The Labute approximate surface area is 200 Å². The van der Waals surface area contributed by atoms with E-state index in [1.807, 2.05) is 0 Å². The van der Waals surface area contributed by atoms with Crippen molar-refractivity contribution in [2.75, 3.05) is 27.2 Å². The first kappa shape index (κ1) is 46.2. The Morgan fingerprint density at radius 2 is 1.36 bits per heavy atom. The van der Waals surface area contributed by atoms with Crippen molar-refractivity contribution in [3.63, 3.8) is 0 Å². The zero-order valence-corrected chi connectivity index (χ0v) is 16.7. The third kappa shape index (κ3) is 14.8. The minimum absolute atomic E-state index is 0. The van der Waals surface area contributed by atoms with Gasteiger partial charge in [0, 0.05) is 11.8 Å². The number of hydrogen-bond acceptors (Lipinski definition) is 2. The second-order valence-electron chi connectivity index (χ2n) is 7.32. The van der Waals surface area contributed by atoms with Gasteiger partial charge in [0.05, 0.1) is 39.0 Å². The zero-order chi connectivity index (χ0) is 16.2. The van der Waals surface area contributed by atoms with Gasteiger partial charge < -0.3 is 14.7 Å². The number of carboxylic acid groups (broad SMARTS) is 2. The topological polar surface area (TPSA) is 74.6 Å². The molecule has 170 valence electrons. The summed E-state index contributed by atoms with van der Waals surface area (Å²) in [5, 5.41) is 18.3. The molecule has 4 unspecified atom stereocenters. The Kier molecular flexibility index (Phi) is 33.3. The van der Waals surface area contributed by atoms with Gasteiger partial charge in [-0.1, -0.05) is 58.4 Å². The molecule has 0 spiro atoms. The number of likely N-dealkylation sites (tertiary alicyclic amines) is 1. The number of hydrogen-bond donors (Lipinski definition) is 2. The van der Waals surface area contributed by atoms with Gasteiger partial charge in [0.15, 0.2) is 0 Å². The molecule has 0 radical (unpaired) electrons. The van der Waals surface area contributed by atoms with Gasteiger partial charge in [-0.05, 0) is 25.7 Å². The maximum atomic E-state index is 11.3. The molecular weight excluding hydrogens is 365 g/mol. The van der Waals surface area contributed by atoms with Gasteiger partial charge in [-0.25, -0.2) is 0 Å². The maximum Gasteiger partial charge on any atom is 1.00 e. The van der Waals surface area contributed by atoms with Crippen LogP contribution in [0.1, 0.15) is 84.1 Å². The number of nitrogens with zero attached hydrogens (tertiary/aromatic N) is 1. The van der Waals surface area contributed by atoms with Gasteiger partial charge in [0.2, 0.25) is 0 Å². The van der Waals surface area contributed by atoms with Crippen molar-refractivity contribution in [3.8, 4) is 0 Å². The van der Waals surface area contributed by atoms with Crippen molar-refractivity contribution >= 4 is 11.9 Å². The average Bonchev–Trinajstić information content (AvgIpc) is 2.68. The number of quaternary nitrogens is 1. The van der Waals surface area contributed by atoms with Gasteiger partial charge in [0.25, 0.3) is 0 Å². The van der Waals surface area contributed by atoms with Crippen molar-refractivity contribution in [2.24, 2.45) is 23.7 Å². The molecule has 1 heterocycles. The Balaban J connectivity index is -0.000000126. The molecule has 0 aliphatic carbocycles. The van der Waals surface area contributed by atoms with E-state index in [-0.39, 0.29) is 80.5 Å². The first-order valence-electron chi connectivity index (χ1n) is 7.94. The van der Waals surface area contributed by atoms with Crippen LogP contribution >= 0.6 is 0 Å². The molecule has 1 saturated heterocycles. The van der Waals surface area contributed by atoms with Gasteiger partial charge in [-0.2, -0.15) is 0 Å². The van der Waals surface area contributed by atoms with Crippen molar-refractivity contribution in [3.05, 3.63) is 0 Å². The summed E-state index contributed by atoms with van der Waals surface area (Å²) in [5.74, 6) is -1.68. The van der Waals surface area contributed by atoms with Gasteiger partial charge >= 0.3 is 41.5 Å². The predicted octanol–water partition coefficient (Wildman–Crippen LogP) is 3.13. The second kappa shape index (κ2) is 20.2. The Morgan fingerprint density at radius 3 is 1.71 bits per heavy atom. The Morgan fingerprint density at radius 1 is 0.929 bits per heavy atom. The van der Waals surface area contributed by atoms with Crippen LogP contribution in [-0.4, -0.2) is 53.8 Å². The van der Waals surface area contributed by atoms with E-state index >= 15 is 0 Å². The molecule has 28 heavy (non-hydrogen) atoms. The summed E-state index contributed by atoms with van der Waals surface area (Å²) in [7, 11) is 4.45. The largest absolute Gasteiger partial charge is 1.00 e. The quantitative estimate of drug-likeness (QED) is 0.468. The molecular formula is C22H54NNaO4+2. The Hall–Kier alpha value is -0.100. The first-order chi connectivity index (χ1) is 9.66. The zero-order valence-electron chi connectivity index (χ0n) is 14.7. The van der Waals surface area contributed by atoms with Crippen molar-refractivity contribution in [1.82, 2.24) is 0 Å². The predicted molar refractivity (Wildman–Crippen MR) is 121 cm³/mol. The molecule has 1 aliphatic heterocycles. The third-order valence-corrected chi connectivity index (χ3v) is 4.94. The third-order valence-electron chi connectivity index (χ3n) is 4.94. The molecule has 4 atom stereocenters. The molecule has 1 aliphatic rings. The smallest absolute Gasteiger partial charge is 0.481 e. The van der Waals surface area contributed by atoms with Crippen LogP contribution in [0.15, 0.2) is 0 Å². The van der Waals surface area contributed by atoms with E-state index in [1.165, 1.54) is 0 Å². The van der Waals surface area contributed by atoms with Crippen LogP contribution in [0.25, 0.3) is 0 Å². The van der Waals surface area contributed by atoms with E-state index in [0.29, 0.717) is 18.3 Å². The van der Waals surface area contributed by atoms with Crippen LogP contribution in [0.5, 0.6) is 0 Å². The van der Waals surface area contributed by atoms with E-state index in [0.717, 1.165) is 30.4 Å². The fourth-order valence-corrected chi connectivity index (χ4v) is 3.72. The number of aliphatic carboxylic acids is 2. The summed E-state index contributed by atoms with van der Waals surface area (Å²) in [6.45, 7) is 6.04. The molecule has 2 N–H and O–H groups in total. The molecule has 0 saturated carbocycles. The summed E-state index contributed by atoms with van der Waals surface area (Å²) < 4.78 is 1.01. The minimum Gasteiger partial charge on any atom is -0.481 e. The molecule has 1 fully saturated rings. The van der Waals surface area contributed by atoms with E-state index in [1.54, 1.807) is 6.92 Å². The van der Waals surface area contributed by atoms with E-state index in [4.69, 9.17) is 5.11 Å². The van der Waals surface area contributed by atoms with Gasteiger partial charge in [-0.15, -0.1) is 0 Å². The van der Waals surface area contributed by atoms with Crippen LogP contribution < -0.4 is 29.6 Å². The average molecular weight is 420 g/mol. The van der Waals surface area contributed by atoms with Crippen LogP contribution in [0.2, 0.25) is 0 Å². The first-order valence-corrected chi connectivity index (χ1v) is 7.94. The van der Waals surface area contributed by atoms with Gasteiger partial charge in [0.1, 0.15) is 0 Å². The minimum atomic E-state index is -0.911. The summed E-state index contributed by atoms with van der Waals surface area (Å²) in [6, 6.07) is 0. The van der Waals surface area contributed by atoms with E-state index < -0.39 is 23.8 Å².